The van der Waals surface area contributed by atoms with Crippen molar-refractivity contribution in [3.05, 3.63) is 82.9 Å². The number of aromatic nitrogens is 2. The van der Waals surface area contributed by atoms with Crippen LogP contribution in [0.15, 0.2) is 54.6 Å². The minimum Gasteiger partial charge on any atom is -0.337 e. The van der Waals surface area contributed by atoms with E-state index in [0.717, 1.165) is 17.1 Å². The van der Waals surface area contributed by atoms with E-state index < -0.39 is 0 Å². The van der Waals surface area contributed by atoms with Gasteiger partial charge in [0.15, 0.2) is 0 Å². The molecule has 1 amide bonds. The molecule has 0 aliphatic rings. The third kappa shape index (κ3) is 4.67. The lowest BCUT2D eigenvalue weighted by molar-refractivity contribution is 0.0784. The molecular weight excluding hydrogens is 343 g/mol. The minimum absolute atomic E-state index is 0.174. The molecule has 1 heterocycles. The van der Waals surface area contributed by atoms with Crippen LogP contribution >= 0.6 is 0 Å². The first-order valence-corrected chi connectivity index (χ1v) is 8.60. The SMILES string of the molecule is Cc1cc(C)nc(Nc2ccc(C(=O)N(C)Cc3ccccc3F)cc2)n1. The summed E-state index contributed by atoms with van der Waals surface area (Å²) in [5, 5.41) is 3.13. The summed E-state index contributed by atoms with van der Waals surface area (Å²) in [5.41, 5.74) is 3.56. The summed E-state index contributed by atoms with van der Waals surface area (Å²) in [5.74, 6) is 0.0286. The van der Waals surface area contributed by atoms with Crippen LogP contribution in [0.3, 0.4) is 0 Å². The molecule has 2 aromatic carbocycles. The number of benzene rings is 2. The summed E-state index contributed by atoms with van der Waals surface area (Å²) in [6, 6.07) is 15.4. The van der Waals surface area contributed by atoms with Gasteiger partial charge in [0, 0.05) is 41.8 Å². The van der Waals surface area contributed by atoms with E-state index in [0.29, 0.717) is 17.1 Å². The molecule has 0 saturated carbocycles. The molecule has 0 bridgehead atoms. The molecule has 1 aromatic heterocycles. The Labute approximate surface area is 157 Å². The second-order valence-electron chi connectivity index (χ2n) is 6.43. The van der Waals surface area contributed by atoms with Crippen molar-refractivity contribution < 1.29 is 9.18 Å². The average Bonchev–Trinajstić information content (AvgIpc) is 2.63. The Bertz CT molecular complexity index is 936. The van der Waals surface area contributed by atoms with Gasteiger partial charge in [0.25, 0.3) is 5.91 Å². The van der Waals surface area contributed by atoms with E-state index in [2.05, 4.69) is 15.3 Å². The number of carbonyl (C=O) groups excluding carboxylic acids is 1. The number of anilines is 2. The van der Waals surface area contributed by atoms with Crippen LogP contribution in [0.5, 0.6) is 0 Å². The molecule has 6 heteroatoms. The first-order chi connectivity index (χ1) is 12.9. The predicted molar refractivity (Wildman–Crippen MR) is 103 cm³/mol. The number of rotatable bonds is 5. The highest BCUT2D eigenvalue weighted by molar-refractivity contribution is 5.94. The number of nitrogens with one attached hydrogen (secondary N) is 1. The van der Waals surface area contributed by atoms with Crippen LogP contribution in [0, 0.1) is 19.7 Å². The summed E-state index contributed by atoms with van der Waals surface area (Å²) >= 11 is 0. The second kappa shape index (κ2) is 7.95. The lowest BCUT2D eigenvalue weighted by Gasteiger charge is -2.18. The highest BCUT2D eigenvalue weighted by atomic mass is 19.1. The Morgan fingerprint density at radius 2 is 1.67 bits per heavy atom. The molecule has 0 radical (unpaired) electrons. The summed E-state index contributed by atoms with van der Waals surface area (Å²) in [6.07, 6.45) is 0. The lowest BCUT2D eigenvalue weighted by Crippen LogP contribution is -2.26. The van der Waals surface area contributed by atoms with E-state index in [-0.39, 0.29) is 18.3 Å². The number of carbonyl (C=O) groups is 1. The van der Waals surface area contributed by atoms with Gasteiger partial charge in [-0.05, 0) is 50.2 Å². The van der Waals surface area contributed by atoms with Crippen molar-refractivity contribution in [2.45, 2.75) is 20.4 Å². The number of nitrogens with zero attached hydrogens (tertiary/aromatic N) is 3. The number of amides is 1. The molecule has 0 saturated heterocycles. The molecule has 3 aromatic rings. The van der Waals surface area contributed by atoms with Crippen LogP contribution in [-0.2, 0) is 6.54 Å². The topological polar surface area (TPSA) is 58.1 Å². The van der Waals surface area contributed by atoms with Crippen molar-refractivity contribution in [1.29, 1.82) is 0 Å². The van der Waals surface area contributed by atoms with Gasteiger partial charge in [-0.2, -0.15) is 0 Å². The first-order valence-electron chi connectivity index (χ1n) is 8.60. The van der Waals surface area contributed by atoms with Crippen molar-refractivity contribution in [1.82, 2.24) is 14.9 Å². The fourth-order valence-electron chi connectivity index (χ4n) is 2.78. The summed E-state index contributed by atoms with van der Waals surface area (Å²) in [4.78, 5) is 22.7. The highest BCUT2D eigenvalue weighted by Crippen LogP contribution is 2.17. The normalized spacial score (nSPS) is 10.5. The molecule has 0 aliphatic heterocycles. The van der Waals surface area contributed by atoms with Gasteiger partial charge in [-0.25, -0.2) is 14.4 Å². The Kier molecular flexibility index (Phi) is 5.45. The van der Waals surface area contributed by atoms with E-state index in [1.54, 1.807) is 49.5 Å². The van der Waals surface area contributed by atoms with Gasteiger partial charge in [0.2, 0.25) is 5.95 Å². The maximum absolute atomic E-state index is 13.8. The van der Waals surface area contributed by atoms with E-state index in [9.17, 15) is 9.18 Å². The zero-order valence-corrected chi connectivity index (χ0v) is 15.5. The zero-order chi connectivity index (χ0) is 19.4. The minimum atomic E-state index is -0.315. The molecule has 3 rings (SSSR count). The molecule has 27 heavy (non-hydrogen) atoms. The van der Waals surface area contributed by atoms with Gasteiger partial charge in [-0.1, -0.05) is 18.2 Å². The smallest absolute Gasteiger partial charge is 0.253 e. The van der Waals surface area contributed by atoms with Gasteiger partial charge < -0.3 is 10.2 Å². The molecule has 0 aliphatic carbocycles. The number of hydrogen-bond acceptors (Lipinski definition) is 4. The summed E-state index contributed by atoms with van der Waals surface area (Å²) < 4.78 is 13.8. The first kappa shape index (κ1) is 18.5. The van der Waals surface area contributed by atoms with Crippen LogP contribution in [0.25, 0.3) is 0 Å². The van der Waals surface area contributed by atoms with E-state index in [4.69, 9.17) is 0 Å². The summed E-state index contributed by atoms with van der Waals surface area (Å²) in [6.45, 7) is 4.03. The molecule has 5 nitrogen and oxygen atoms in total. The van der Waals surface area contributed by atoms with Crippen LogP contribution < -0.4 is 5.32 Å². The Balaban J connectivity index is 1.69. The maximum Gasteiger partial charge on any atom is 0.253 e. The number of hydrogen-bond donors (Lipinski definition) is 1. The molecule has 0 atom stereocenters. The third-order valence-electron chi connectivity index (χ3n) is 4.08. The standard InChI is InChI=1S/C21H21FN4O/c1-14-12-15(2)24-21(23-14)25-18-10-8-16(9-11-18)20(27)26(3)13-17-6-4-5-7-19(17)22/h4-12H,13H2,1-3H3,(H,23,24,25). The van der Waals surface area contributed by atoms with Gasteiger partial charge in [-0.3, -0.25) is 4.79 Å². The highest BCUT2D eigenvalue weighted by Gasteiger charge is 2.14. The molecule has 0 spiro atoms. The van der Waals surface area contributed by atoms with Gasteiger partial charge >= 0.3 is 0 Å². The zero-order valence-electron chi connectivity index (χ0n) is 15.5. The van der Waals surface area contributed by atoms with Crippen LogP contribution in [0.4, 0.5) is 16.0 Å². The molecule has 138 valence electrons. The third-order valence-corrected chi connectivity index (χ3v) is 4.08. The summed E-state index contributed by atoms with van der Waals surface area (Å²) in [7, 11) is 1.66. The predicted octanol–water partition coefficient (Wildman–Crippen LogP) is 4.25. The number of halogens is 1. The van der Waals surface area contributed by atoms with Crippen LogP contribution in [0.1, 0.15) is 27.3 Å². The monoisotopic (exact) mass is 364 g/mol. The Morgan fingerprint density at radius 3 is 2.30 bits per heavy atom. The molecule has 1 N–H and O–H groups in total. The lowest BCUT2D eigenvalue weighted by atomic mass is 10.1. The fraction of sp³-hybridized carbons (Fsp3) is 0.190. The van der Waals surface area contributed by atoms with Crippen molar-refractivity contribution in [2.75, 3.05) is 12.4 Å². The van der Waals surface area contributed by atoms with Crippen LogP contribution in [-0.4, -0.2) is 27.8 Å². The molecule has 0 fully saturated rings. The van der Waals surface area contributed by atoms with Crippen molar-refractivity contribution in [3.63, 3.8) is 0 Å². The van der Waals surface area contributed by atoms with Crippen molar-refractivity contribution >= 4 is 17.5 Å². The van der Waals surface area contributed by atoms with Crippen LogP contribution in [0.2, 0.25) is 0 Å². The fourth-order valence-corrected chi connectivity index (χ4v) is 2.78. The van der Waals surface area contributed by atoms with Crippen molar-refractivity contribution in [3.8, 4) is 0 Å². The quantitative estimate of drug-likeness (QED) is 0.735. The van der Waals surface area contributed by atoms with Crippen molar-refractivity contribution in [2.24, 2.45) is 0 Å². The Hall–Kier alpha value is -3.28. The van der Waals surface area contributed by atoms with E-state index in [1.165, 1.54) is 11.0 Å². The second-order valence-corrected chi connectivity index (χ2v) is 6.43. The van der Waals surface area contributed by atoms with E-state index >= 15 is 0 Å². The molecular formula is C21H21FN4O. The molecule has 0 unspecified atom stereocenters. The van der Waals surface area contributed by atoms with Gasteiger partial charge in [0.1, 0.15) is 5.82 Å². The van der Waals surface area contributed by atoms with Gasteiger partial charge in [0.05, 0.1) is 0 Å². The average molecular weight is 364 g/mol. The van der Waals surface area contributed by atoms with Gasteiger partial charge in [-0.15, -0.1) is 0 Å². The Morgan fingerprint density at radius 1 is 1.04 bits per heavy atom. The number of aryl methyl sites for hydroxylation is 2. The van der Waals surface area contributed by atoms with E-state index in [1.807, 2.05) is 19.9 Å². The maximum atomic E-state index is 13.8. The largest absolute Gasteiger partial charge is 0.337 e.